The molecule has 1 heterocycles. The van der Waals surface area contributed by atoms with Crippen molar-refractivity contribution in [2.24, 2.45) is 11.8 Å². The molecule has 0 radical (unpaired) electrons. The monoisotopic (exact) mass is 336 g/mol. The van der Waals surface area contributed by atoms with Gasteiger partial charge >= 0.3 is 0 Å². The van der Waals surface area contributed by atoms with E-state index in [2.05, 4.69) is 17.1 Å². The second kappa shape index (κ2) is 7.10. The van der Waals surface area contributed by atoms with E-state index in [0.29, 0.717) is 12.5 Å². The van der Waals surface area contributed by atoms with Crippen LogP contribution in [0.3, 0.4) is 0 Å². The molecule has 1 aromatic rings. The summed E-state index contributed by atoms with van der Waals surface area (Å²) in [7, 11) is 0. The van der Waals surface area contributed by atoms with E-state index in [9.17, 15) is 9.90 Å². The van der Waals surface area contributed by atoms with Gasteiger partial charge in [0.2, 0.25) is 5.91 Å². The van der Waals surface area contributed by atoms with Crippen LogP contribution in [-0.2, 0) is 4.79 Å². The normalized spacial score (nSPS) is 27.4. The molecule has 2 fully saturated rings. The molecule has 126 valence electrons. The molecule has 2 aliphatic rings. The summed E-state index contributed by atoms with van der Waals surface area (Å²) >= 11 is 6.11. The Morgan fingerprint density at radius 2 is 2.22 bits per heavy atom. The van der Waals surface area contributed by atoms with Crippen molar-refractivity contribution in [1.82, 2.24) is 5.32 Å². The van der Waals surface area contributed by atoms with Crippen LogP contribution in [0.15, 0.2) is 18.2 Å². The summed E-state index contributed by atoms with van der Waals surface area (Å²) in [6.45, 7) is 4.73. The van der Waals surface area contributed by atoms with E-state index in [4.69, 9.17) is 11.6 Å². The van der Waals surface area contributed by atoms with Crippen molar-refractivity contribution in [3.63, 3.8) is 0 Å². The molecule has 1 saturated carbocycles. The first kappa shape index (κ1) is 16.6. The van der Waals surface area contributed by atoms with E-state index < -0.39 is 6.10 Å². The molecule has 1 aliphatic heterocycles. The minimum atomic E-state index is -0.454. The molecular formula is C18H25ClN2O2. The number of aliphatic hydroxyl groups excluding tert-OH is 1. The van der Waals surface area contributed by atoms with Crippen molar-refractivity contribution in [2.45, 2.75) is 38.7 Å². The van der Waals surface area contributed by atoms with Gasteiger partial charge in [-0.05, 0) is 56.2 Å². The lowest BCUT2D eigenvalue weighted by atomic mass is 10.0. The molecule has 2 N–H and O–H groups in total. The number of carbonyl (C=O) groups excluding carboxylic acids is 1. The second-order valence-corrected chi connectivity index (χ2v) is 7.32. The molecule has 0 spiro atoms. The molecule has 3 rings (SSSR count). The third-order valence-electron chi connectivity index (χ3n) is 5.18. The number of aryl methyl sites for hydroxylation is 1. The molecular weight excluding hydrogens is 312 g/mol. The Morgan fingerprint density at radius 3 is 2.96 bits per heavy atom. The number of nitrogens with one attached hydrogen (secondary N) is 1. The van der Waals surface area contributed by atoms with E-state index in [1.54, 1.807) is 0 Å². The molecule has 0 bridgehead atoms. The van der Waals surface area contributed by atoms with Crippen LogP contribution in [0.5, 0.6) is 0 Å². The molecule has 1 saturated heterocycles. The number of hydrogen-bond donors (Lipinski definition) is 2. The molecule has 4 nitrogen and oxygen atoms in total. The van der Waals surface area contributed by atoms with Gasteiger partial charge in [-0.15, -0.1) is 0 Å². The highest BCUT2D eigenvalue weighted by Crippen LogP contribution is 2.29. The summed E-state index contributed by atoms with van der Waals surface area (Å²) in [5, 5.41) is 13.6. The fourth-order valence-electron chi connectivity index (χ4n) is 3.76. The zero-order chi connectivity index (χ0) is 16.4. The molecule has 3 unspecified atom stereocenters. The lowest BCUT2D eigenvalue weighted by Gasteiger charge is -2.22. The Balaban J connectivity index is 1.52. The van der Waals surface area contributed by atoms with Crippen molar-refractivity contribution in [2.75, 3.05) is 24.5 Å². The number of nitrogens with zero attached hydrogens (tertiary/aromatic N) is 1. The van der Waals surface area contributed by atoms with Gasteiger partial charge in [0.15, 0.2) is 0 Å². The highest BCUT2D eigenvalue weighted by Gasteiger charge is 2.32. The van der Waals surface area contributed by atoms with E-state index in [1.807, 2.05) is 18.2 Å². The van der Waals surface area contributed by atoms with E-state index >= 15 is 0 Å². The van der Waals surface area contributed by atoms with Crippen LogP contribution >= 0.6 is 11.6 Å². The van der Waals surface area contributed by atoms with Gasteiger partial charge in [0.1, 0.15) is 0 Å². The zero-order valence-electron chi connectivity index (χ0n) is 13.6. The molecule has 0 aromatic heterocycles. The third kappa shape index (κ3) is 3.81. The van der Waals surface area contributed by atoms with Crippen LogP contribution in [0.2, 0.25) is 5.02 Å². The van der Waals surface area contributed by atoms with Crippen LogP contribution in [0, 0.1) is 18.8 Å². The Bertz CT molecular complexity index is 578. The lowest BCUT2D eigenvalue weighted by molar-refractivity contribution is -0.127. The van der Waals surface area contributed by atoms with Crippen LogP contribution in [-0.4, -0.2) is 36.8 Å². The number of hydrogen-bond acceptors (Lipinski definition) is 3. The average Bonchev–Trinajstić information content (AvgIpc) is 3.16. The fourth-order valence-corrected chi connectivity index (χ4v) is 3.93. The summed E-state index contributed by atoms with van der Waals surface area (Å²) in [5.41, 5.74) is 2.42. The predicted molar refractivity (Wildman–Crippen MR) is 92.9 cm³/mol. The van der Waals surface area contributed by atoms with E-state index in [1.165, 1.54) is 11.3 Å². The Hall–Kier alpha value is -1.26. The Morgan fingerprint density at radius 1 is 1.39 bits per heavy atom. The van der Waals surface area contributed by atoms with Crippen LogP contribution < -0.4 is 10.2 Å². The van der Waals surface area contributed by atoms with Crippen molar-refractivity contribution in [1.29, 1.82) is 0 Å². The summed E-state index contributed by atoms with van der Waals surface area (Å²) in [4.78, 5) is 14.5. The number of halogens is 1. The third-order valence-corrected chi connectivity index (χ3v) is 5.41. The molecule has 1 amide bonds. The topological polar surface area (TPSA) is 52.6 Å². The smallest absolute Gasteiger partial charge is 0.225 e. The van der Waals surface area contributed by atoms with Crippen LogP contribution in [0.1, 0.15) is 31.2 Å². The second-order valence-electron chi connectivity index (χ2n) is 6.88. The predicted octanol–water partition coefficient (Wildman–Crippen LogP) is 2.75. The molecule has 3 atom stereocenters. The van der Waals surface area contributed by atoms with Crippen molar-refractivity contribution < 1.29 is 9.90 Å². The largest absolute Gasteiger partial charge is 0.392 e. The first-order chi connectivity index (χ1) is 11.0. The number of amides is 1. The highest BCUT2D eigenvalue weighted by atomic mass is 35.5. The maximum absolute atomic E-state index is 12.2. The number of anilines is 1. The maximum atomic E-state index is 12.2. The minimum Gasteiger partial charge on any atom is -0.392 e. The average molecular weight is 337 g/mol. The Labute approximate surface area is 142 Å². The molecule has 1 aliphatic carbocycles. The SMILES string of the molecule is Cc1ccc(Cl)cc1N1CCC(CNC(=O)C2CCCC2O)C1. The van der Waals surface area contributed by atoms with Crippen molar-refractivity contribution >= 4 is 23.2 Å². The van der Waals surface area contributed by atoms with Crippen molar-refractivity contribution in [3.8, 4) is 0 Å². The lowest BCUT2D eigenvalue weighted by Crippen LogP contribution is -2.38. The molecule has 1 aromatic carbocycles. The molecule has 5 heteroatoms. The summed E-state index contributed by atoms with van der Waals surface area (Å²) in [5.74, 6) is 0.269. The van der Waals surface area contributed by atoms with Gasteiger partial charge in [0.05, 0.1) is 12.0 Å². The van der Waals surface area contributed by atoms with Crippen LogP contribution in [0.4, 0.5) is 5.69 Å². The zero-order valence-corrected chi connectivity index (χ0v) is 14.4. The number of aliphatic hydroxyl groups is 1. The van der Waals surface area contributed by atoms with Crippen molar-refractivity contribution in [3.05, 3.63) is 28.8 Å². The van der Waals surface area contributed by atoms with Gasteiger partial charge in [-0.3, -0.25) is 4.79 Å². The number of benzene rings is 1. The summed E-state index contributed by atoms with van der Waals surface area (Å²) in [6.07, 6.45) is 3.13. The van der Waals surface area contributed by atoms with Gasteiger partial charge < -0.3 is 15.3 Å². The quantitative estimate of drug-likeness (QED) is 0.889. The Kier molecular flexibility index (Phi) is 5.12. The van der Waals surface area contributed by atoms with Gasteiger partial charge in [-0.25, -0.2) is 0 Å². The fraction of sp³-hybridized carbons (Fsp3) is 0.611. The highest BCUT2D eigenvalue weighted by molar-refractivity contribution is 6.30. The van der Waals surface area contributed by atoms with E-state index in [-0.39, 0.29) is 11.8 Å². The number of rotatable bonds is 4. The van der Waals surface area contributed by atoms with Crippen LogP contribution in [0.25, 0.3) is 0 Å². The standard InChI is InChI=1S/C18H25ClN2O2/c1-12-5-6-14(19)9-16(12)21-8-7-13(11-21)10-20-18(23)15-3-2-4-17(15)22/h5-6,9,13,15,17,22H,2-4,7-8,10-11H2,1H3,(H,20,23). The van der Waals surface area contributed by atoms with Gasteiger partial charge in [-0.2, -0.15) is 0 Å². The van der Waals surface area contributed by atoms with Gasteiger partial charge in [0, 0.05) is 30.3 Å². The summed E-state index contributed by atoms with van der Waals surface area (Å²) in [6, 6.07) is 5.99. The van der Waals surface area contributed by atoms with Gasteiger partial charge in [-0.1, -0.05) is 17.7 Å². The minimum absolute atomic E-state index is 0.0207. The number of carbonyl (C=O) groups is 1. The maximum Gasteiger partial charge on any atom is 0.225 e. The first-order valence-corrected chi connectivity index (χ1v) is 8.89. The van der Waals surface area contributed by atoms with E-state index in [0.717, 1.165) is 43.8 Å². The first-order valence-electron chi connectivity index (χ1n) is 8.51. The van der Waals surface area contributed by atoms with Gasteiger partial charge in [0.25, 0.3) is 0 Å². The molecule has 23 heavy (non-hydrogen) atoms. The summed E-state index contributed by atoms with van der Waals surface area (Å²) < 4.78 is 0.